The number of nitrogens with one attached hydrogen (secondary N) is 4. The molecule has 0 bridgehead atoms. The maximum atomic E-state index is 13.6. The van der Waals surface area contributed by atoms with Gasteiger partial charge in [-0.25, -0.2) is 4.79 Å². The molecular weight excluding hydrogens is 856 g/mol. The number of benzene rings is 2. The van der Waals surface area contributed by atoms with Crippen LogP contribution in [0, 0.1) is 49.4 Å². The summed E-state index contributed by atoms with van der Waals surface area (Å²) in [5.74, 6) is -0.876. The average Bonchev–Trinajstić information content (AvgIpc) is 3.18. The molecule has 5 rings (SSSR count). The third-order valence-corrected chi connectivity index (χ3v) is 10.1. The number of hydrogen-bond donors (Lipinski definition) is 4. The largest absolute Gasteiger partial charge is 0.468 e. The maximum absolute atomic E-state index is 13.6. The summed E-state index contributed by atoms with van der Waals surface area (Å²) in [6, 6.07) is 19.9. The first-order valence-corrected chi connectivity index (χ1v) is 18.5. The Balaban J connectivity index is 0.00000276. The van der Waals surface area contributed by atoms with E-state index in [0.29, 0.717) is 53.9 Å². The van der Waals surface area contributed by atoms with Gasteiger partial charge in [-0.2, -0.15) is 9.13 Å². The molecule has 1 aliphatic rings. The number of carbonyl (C=O) groups excluding carboxylic acids is 4. The van der Waals surface area contributed by atoms with Crippen LogP contribution in [0.2, 0.25) is 0 Å². The maximum Gasteiger partial charge on any atom is 0.366 e. The summed E-state index contributed by atoms with van der Waals surface area (Å²) in [6.45, 7) is 8.81. The molecule has 2 amide bonds. The van der Waals surface area contributed by atoms with E-state index in [-0.39, 0.29) is 93.0 Å². The molecule has 15 nitrogen and oxygen atoms in total. The number of likely N-dealkylation sites (N-methyl/N-ethyl adjacent to an activating group) is 2. The van der Waals surface area contributed by atoms with Crippen LogP contribution in [0.1, 0.15) is 25.2 Å². The number of amides is 2. The van der Waals surface area contributed by atoms with E-state index in [1.54, 1.807) is 0 Å². The third-order valence-electron chi connectivity index (χ3n) is 10.1. The van der Waals surface area contributed by atoms with E-state index in [0.717, 1.165) is 52.0 Å². The molecule has 1 radical (unpaired) electrons. The number of aromatic nitrogens is 2. The van der Waals surface area contributed by atoms with Crippen molar-refractivity contribution in [1.82, 2.24) is 10.6 Å². The van der Waals surface area contributed by atoms with Gasteiger partial charge in [-0.3, -0.25) is 14.4 Å². The minimum Gasteiger partial charge on any atom is -0.468 e. The van der Waals surface area contributed by atoms with Gasteiger partial charge in [-0.1, -0.05) is 0 Å². The topological polar surface area (TPSA) is 166 Å². The molecule has 16 heteroatoms. The fourth-order valence-corrected chi connectivity index (χ4v) is 6.89. The Kier molecular flexibility index (Phi) is 18.3. The molecule has 0 fully saturated rings. The smallest absolute Gasteiger partial charge is 0.366 e. The van der Waals surface area contributed by atoms with Crippen LogP contribution in [0.5, 0.6) is 0 Å². The van der Waals surface area contributed by atoms with Crippen molar-refractivity contribution < 1.29 is 101 Å². The van der Waals surface area contributed by atoms with Crippen LogP contribution in [0.15, 0.2) is 60.7 Å². The van der Waals surface area contributed by atoms with Gasteiger partial charge < -0.3 is 44.8 Å². The number of aryl methyl sites for hydroxylation is 1. The van der Waals surface area contributed by atoms with Crippen molar-refractivity contribution >= 4 is 56.9 Å². The molecule has 0 saturated heterocycles. The Labute approximate surface area is 370 Å². The zero-order valence-corrected chi connectivity index (χ0v) is 36.1. The van der Waals surface area contributed by atoms with Gasteiger partial charge in [0.2, 0.25) is 28.5 Å². The van der Waals surface area contributed by atoms with Crippen LogP contribution in [-0.2, 0) is 55.5 Å². The van der Waals surface area contributed by atoms with Gasteiger partial charge in [0, 0.05) is 123 Å². The summed E-state index contributed by atoms with van der Waals surface area (Å²) in [5, 5.41) is 20.3. The normalized spacial score (nSPS) is 16.8. The predicted molar refractivity (Wildman–Crippen MR) is 211 cm³/mol. The SMILES string of the molecule is COC(=O)CNCC[N+](C)(CC[N@@+]1(C)CCNCc2ccc3ccc(NC(C)=O)cc3[n+]2COC(=O)C1)Cc1ccc2ccc(NC(C)=O)cc2[n+]1C.C[OH2+].[Eu]. The molecular formula is C40H59EuN8O7+5. The fourth-order valence-electron chi connectivity index (χ4n) is 6.89. The molecule has 2 atom stereocenters. The van der Waals surface area contributed by atoms with Crippen LogP contribution in [-0.4, -0.2) is 118 Å². The van der Waals surface area contributed by atoms with Crippen LogP contribution in [0.25, 0.3) is 21.8 Å². The van der Waals surface area contributed by atoms with Crippen LogP contribution < -0.4 is 30.4 Å². The van der Waals surface area contributed by atoms with Crippen molar-refractivity contribution in [2.24, 2.45) is 7.05 Å². The minimum absolute atomic E-state index is 0. The second-order valence-corrected chi connectivity index (χ2v) is 14.6. The van der Waals surface area contributed by atoms with E-state index in [9.17, 15) is 19.2 Å². The number of quaternary nitrogens is 2. The summed E-state index contributed by atoms with van der Waals surface area (Å²) in [6.07, 6.45) is 0. The van der Waals surface area contributed by atoms with E-state index < -0.39 is 0 Å². The van der Waals surface area contributed by atoms with E-state index in [4.69, 9.17) is 14.6 Å². The van der Waals surface area contributed by atoms with Gasteiger partial charge in [0.15, 0.2) is 18.8 Å². The minimum atomic E-state index is -0.316. The number of carbonyl (C=O) groups is 4. The Bertz CT molecular complexity index is 2010. The zero-order chi connectivity index (χ0) is 40.2. The van der Waals surface area contributed by atoms with E-state index in [1.807, 2.05) is 60.1 Å². The van der Waals surface area contributed by atoms with Crippen LogP contribution >= 0.6 is 0 Å². The average molecular weight is 916 g/mol. The van der Waals surface area contributed by atoms with Crippen molar-refractivity contribution in [3.8, 4) is 0 Å². The zero-order valence-electron chi connectivity index (χ0n) is 33.7. The number of ether oxygens (including phenoxy) is 2. The number of esters is 2. The second-order valence-electron chi connectivity index (χ2n) is 14.6. The molecule has 2 aromatic heterocycles. The number of fused-ring (bicyclic) bond motifs is 4. The predicted octanol–water partition coefficient (Wildman–Crippen LogP) is 0.823. The third kappa shape index (κ3) is 13.3. The fraction of sp³-hybridized carbons (Fsp3) is 0.450. The molecule has 0 aliphatic carbocycles. The molecule has 0 spiro atoms. The number of rotatable bonds is 12. The first-order valence-electron chi connectivity index (χ1n) is 18.5. The molecule has 1 unspecified atom stereocenters. The van der Waals surface area contributed by atoms with Crippen molar-refractivity contribution in [3.05, 3.63) is 72.1 Å². The number of methoxy groups -OCH3 is 1. The summed E-state index contributed by atoms with van der Waals surface area (Å²) in [5.41, 5.74) is 5.36. The summed E-state index contributed by atoms with van der Waals surface area (Å²) < 4.78 is 16.1. The summed E-state index contributed by atoms with van der Waals surface area (Å²) in [7, 11) is 8.98. The molecule has 56 heavy (non-hydrogen) atoms. The Morgan fingerprint density at radius 2 is 1.55 bits per heavy atom. The van der Waals surface area contributed by atoms with Crippen molar-refractivity contribution in [2.75, 3.05) is 91.3 Å². The summed E-state index contributed by atoms with van der Waals surface area (Å²) in [4.78, 5) is 48.9. The molecule has 1 aliphatic heterocycles. The Hall–Kier alpha value is -3.48. The van der Waals surface area contributed by atoms with Gasteiger partial charge in [0.05, 0.1) is 47.4 Å². The quantitative estimate of drug-likeness (QED) is 0.0534. The molecule has 3 heterocycles. The number of cyclic esters (lactones) is 1. The Morgan fingerprint density at radius 3 is 2.20 bits per heavy atom. The van der Waals surface area contributed by atoms with Crippen LogP contribution in [0.4, 0.5) is 11.4 Å². The number of pyridine rings is 2. The van der Waals surface area contributed by atoms with Crippen molar-refractivity contribution in [3.63, 3.8) is 0 Å². The standard InChI is InChI=1S/C39H52N8O6.CH4O.Eu/c1-28(48)42-32-11-7-30-10-14-35(44(3)36(30)21-32)25-46(4,17-16-41-24-38(50)52-6)19-20-47(5)18-15-40-23-34-13-9-31-8-12-33(43-29(2)49)22-37(31)45(34)27-53-39(51)26-47;1-2;/h7-14,21-22,40-41H,15-20,23-27H2,1-6H3;2H,1H3;/q+2;;/p+3/t46?,47-;;/m1../s1. The first kappa shape index (κ1) is 46.9. The number of anilines is 2. The van der Waals surface area contributed by atoms with E-state index >= 15 is 0 Å². The molecule has 2 aromatic carbocycles. The first-order chi connectivity index (χ1) is 26.3. The van der Waals surface area contributed by atoms with Gasteiger partial charge in [0.1, 0.15) is 27.2 Å². The van der Waals surface area contributed by atoms with Gasteiger partial charge in [-0.05, 0) is 36.4 Å². The molecule has 6 N–H and O–H groups in total. The van der Waals surface area contributed by atoms with E-state index in [2.05, 4.69) is 52.1 Å². The van der Waals surface area contributed by atoms with Crippen molar-refractivity contribution in [2.45, 2.75) is 33.7 Å². The second kappa shape index (κ2) is 21.9. The molecule has 4 aromatic rings. The van der Waals surface area contributed by atoms with Crippen LogP contribution in [0.3, 0.4) is 0 Å². The number of hydrogen-bond acceptors (Lipinski definition) is 8. The molecule has 0 saturated carbocycles. The Morgan fingerprint density at radius 1 is 0.946 bits per heavy atom. The van der Waals surface area contributed by atoms with Crippen molar-refractivity contribution in [1.29, 1.82) is 0 Å². The summed E-state index contributed by atoms with van der Waals surface area (Å²) >= 11 is 0. The van der Waals surface area contributed by atoms with Gasteiger partial charge >= 0.3 is 11.9 Å². The molecule has 303 valence electrons. The monoisotopic (exact) mass is 916 g/mol. The van der Waals surface area contributed by atoms with Gasteiger partial charge in [-0.15, -0.1) is 0 Å². The number of nitrogens with zero attached hydrogens (tertiary/aromatic N) is 4. The van der Waals surface area contributed by atoms with Gasteiger partial charge in [0.25, 0.3) is 6.73 Å². The van der Waals surface area contributed by atoms with E-state index in [1.165, 1.54) is 28.1 Å².